The van der Waals surface area contributed by atoms with Crippen molar-refractivity contribution in [3.8, 4) is 23.0 Å². The summed E-state index contributed by atoms with van der Waals surface area (Å²) in [5, 5.41) is 26.4. The van der Waals surface area contributed by atoms with Crippen LogP contribution in [0.5, 0.6) is 23.0 Å². The largest absolute Gasteiger partial charge is 0.508 e. The van der Waals surface area contributed by atoms with Crippen molar-refractivity contribution in [3.63, 3.8) is 0 Å². The molecule has 1 saturated heterocycles. The van der Waals surface area contributed by atoms with E-state index in [1.165, 1.54) is 46.3 Å². The molecule has 0 atom stereocenters. The van der Waals surface area contributed by atoms with Gasteiger partial charge in [0, 0.05) is 18.5 Å². The first-order valence-electron chi connectivity index (χ1n) is 17.4. The number of aliphatic hydroxyl groups is 1. The molecule has 1 fully saturated rings. The number of hydrogen-bond donors (Lipinski definition) is 3. The molecular weight excluding hydrogens is 960 g/mol. The number of ether oxygens (including phenoxy) is 5. The van der Waals surface area contributed by atoms with Crippen molar-refractivity contribution in [2.24, 2.45) is 0 Å². The number of carbonyl (C=O) groups excluding carboxylic acids is 1. The van der Waals surface area contributed by atoms with E-state index in [0.29, 0.717) is 29.1 Å². The van der Waals surface area contributed by atoms with Crippen LogP contribution < -0.4 is 14.2 Å². The molecule has 0 unspecified atom stereocenters. The highest BCUT2D eigenvalue weighted by Gasteiger charge is 2.34. The zero-order valence-corrected chi connectivity index (χ0v) is 34.9. The highest BCUT2D eigenvalue weighted by Crippen LogP contribution is 2.36. The van der Waals surface area contributed by atoms with Crippen LogP contribution in [-0.4, -0.2) is 68.9 Å². The third kappa shape index (κ3) is 20.8. The summed E-state index contributed by atoms with van der Waals surface area (Å²) in [5.74, 6) is -2.83. The van der Waals surface area contributed by atoms with E-state index >= 15 is 0 Å². The highest BCUT2D eigenvalue weighted by molar-refractivity contribution is 9.08. The van der Waals surface area contributed by atoms with Crippen molar-refractivity contribution < 1.29 is 101 Å². The number of alkyl halides is 13. The Morgan fingerprint density at radius 2 is 0.953 bits per heavy atom. The molecule has 0 saturated carbocycles. The normalized spacial score (nSPS) is 12.2. The van der Waals surface area contributed by atoms with Crippen LogP contribution in [0.3, 0.4) is 0 Å². The fraction of sp³-hybridized carbons (Fsp3) is 0.366. The van der Waals surface area contributed by atoms with E-state index in [1.807, 2.05) is 0 Å². The molecule has 0 amide bonds. The van der Waals surface area contributed by atoms with Crippen LogP contribution in [0, 0.1) is 0 Å². The maximum atomic E-state index is 12.4. The van der Waals surface area contributed by atoms with E-state index in [4.69, 9.17) is 24.8 Å². The van der Waals surface area contributed by atoms with Gasteiger partial charge in [0.15, 0.2) is 0 Å². The van der Waals surface area contributed by atoms with Crippen molar-refractivity contribution in [1.29, 1.82) is 0 Å². The Morgan fingerprint density at radius 1 is 0.578 bits per heavy atom. The Kier molecular flexibility index (Phi) is 24.2. The van der Waals surface area contributed by atoms with Crippen molar-refractivity contribution in [3.05, 3.63) is 117 Å². The second-order valence-corrected chi connectivity index (χ2v) is 12.8. The molecule has 358 valence electrons. The second kappa shape index (κ2) is 26.4. The number of aliphatic hydroxyl groups excluding tert-OH is 1. The molecule has 0 spiro atoms. The Balaban J connectivity index is 0.000000793. The Bertz CT molecular complexity index is 1950. The van der Waals surface area contributed by atoms with Crippen molar-refractivity contribution >= 4 is 27.9 Å². The first-order valence-corrected chi connectivity index (χ1v) is 18.5. The number of methoxy groups -OCH3 is 4. The quantitative estimate of drug-likeness (QED) is 0.0931. The van der Waals surface area contributed by atoms with Crippen LogP contribution in [0.2, 0.25) is 0 Å². The first-order chi connectivity index (χ1) is 29.1. The Hall–Kier alpha value is -5.42. The molecule has 0 bridgehead atoms. The standard InChI is InChI=1S/C10H9F3O3.C9H8BrF3O.C9H9F3O2.C8H5F3O3.C4H8O.CH4/c1-15-8-4-6(9(14)16-2)3-7(5-8)10(11,12)13;1-14-8-3-6(5-10)2-7(4-8)9(11,12)13;1-14-8-3-6(5-13)2-7(4-8)9(10,11)12;9-8(10,11)5-1-4(7(13)14)2-6(12)3-5;1-2-4-5-3-1;/h3-5H,1-2H3;2-4H,5H2,1H3;2-4,13H,5H2,1H3;1-3,12H,(H,13,14);1-4H2;1H4. The number of carboxylic acid groups (broad SMARTS) is 1. The number of rotatable bonds is 7. The van der Waals surface area contributed by atoms with Gasteiger partial charge in [-0.25, -0.2) is 9.59 Å². The van der Waals surface area contributed by atoms with Gasteiger partial charge in [-0.15, -0.1) is 0 Å². The number of carboxylic acids is 1. The molecular formula is C41H43BrF12O10. The Morgan fingerprint density at radius 3 is 1.30 bits per heavy atom. The molecule has 0 radical (unpaired) electrons. The van der Waals surface area contributed by atoms with Crippen LogP contribution in [0.1, 0.15) is 74.4 Å². The van der Waals surface area contributed by atoms with Crippen LogP contribution in [0.4, 0.5) is 52.7 Å². The summed E-state index contributed by atoms with van der Waals surface area (Å²) < 4.78 is 171. The van der Waals surface area contributed by atoms with Gasteiger partial charge in [0.2, 0.25) is 0 Å². The lowest BCUT2D eigenvalue weighted by molar-refractivity contribution is -0.138. The molecule has 64 heavy (non-hydrogen) atoms. The van der Waals surface area contributed by atoms with Crippen molar-refractivity contribution in [1.82, 2.24) is 0 Å². The van der Waals surface area contributed by atoms with Gasteiger partial charge in [-0.05, 0) is 96.8 Å². The molecule has 0 aromatic heterocycles. The summed E-state index contributed by atoms with van der Waals surface area (Å²) in [5.41, 5.74) is -3.73. The van der Waals surface area contributed by atoms with E-state index in [0.717, 1.165) is 56.7 Å². The smallest absolute Gasteiger partial charge is 0.416 e. The molecule has 10 nitrogen and oxygen atoms in total. The zero-order valence-electron chi connectivity index (χ0n) is 33.3. The van der Waals surface area contributed by atoms with E-state index in [-0.39, 0.29) is 35.8 Å². The number of esters is 1. The lowest BCUT2D eigenvalue weighted by Gasteiger charge is -2.10. The number of benzene rings is 4. The fourth-order valence-electron chi connectivity index (χ4n) is 4.58. The van der Waals surface area contributed by atoms with Gasteiger partial charge in [0.1, 0.15) is 23.0 Å². The van der Waals surface area contributed by atoms with Crippen LogP contribution in [-0.2, 0) is 46.1 Å². The average molecular weight is 1000 g/mol. The topological polar surface area (TPSA) is 141 Å². The Labute approximate surface area is 367 Å². The van der Waals surface area contributed by atoms with Gasteiger partial charge in [0.25, 0.3) is 0 Å². The van der Waals surface area contributed by atoms with Gasteiger partial charge >= 0.3 is 36.6 Å². The van der Waals surface area contributed by atoms with Gasteiger partial charge in [-0.2, -0.15) is 52.7 Å². The minimum Gasteiger partial charge on any atom is -0.508 e. The fourth-order valence-corrected chi connectivity index (χ4v) is 4.90. The van der Waals surface area contributed by atoms with Crippen LogP contribution in [0.25, 0.3) is 0 Å². The zero-order chi connectivity index (χ0) is 48.3. The van der Waals surface area contributed by atoms with Gasteiger partial charge in [-0.1, -0.05) is 23.4 Å². The maximum absolute atomic E-state index is 12.4. The average Bonchev–Trinajstić information content (AvgIpc) is 3.83. The summed E-state index contributed by atoms with van der Waals surface area (Å²) in [6, 6.07) is 11.2. The number of carbonyl (C=O) groups is 2. The third-order valence-electron chi connectivity index (χ3n) is 7.61. The molecule has 1 aliphatic heterocycles. The van der Waals surface area contributed by atoms with Crippen molar-refractivity contribution in [2.45, 2.75) is 56.9 Å². The number of halogens is 13. The molecule has 0 aliphatic carbocycles. The summed E-state index contributed by atoms with van der Waals surface area (Å²) in [7, 11) is 4.93. The summed E-state index contributed by atoms with van der Waals surface area (Å²) in [6.45, 7) is 1.56. The minimum absolute atomic E-state index is 0. The molecule has 1 aliphatic rings. The third-order valence-corrected chi connectivity index (χ3v) is 8.25. The summed E-state index contributed by atoms with van der Waals surface area (Å²) >= 11 is 3.10. The lowest BCUT2D eigenvalue weighted by atomic mass is 10.1. The molecule has 1 heterocycles. The molecule has 4 aromatic carbocycles. The monoisotopic (exact) mass is 1000 g/mol. The summed E-state index contributed by atoms with van der Waals surface area (Å²) in [4.78, 5) is 21.5. The SMILES string of the molecule is C.C1CCOC1.COC(=O)c1cc(OC)cc(C(F)(F)F)c1.COc1cc(CBr)cc(C(F)(F)F)c1.COc1cc(CO)cc(C(F)(F)F)c1.O=C(O)c1cc(O)cc(C(F)(F)F)c1. The maximum Gasteiger partial charge on any atom is 0.416 e. The van der Waals surface area contributed by atoms with Gasteiger partial charge < -0.3 is 39.0 Å². The predicted molar refractivity (Wildman–Crippen MR) is 211 cm³/mol. The number of phenolic OH excluding ortho intramolecular Hbond substituents is 1. The number of phenols is 1. The second-order valence-electron chi connectivity index (χ2n) is 12.3. The van der Waals surface area contributed by atoms with Crippen molar-refractivity contribution in [2.75, 3.05) is 41.7 Å². The van der Waals surface area contributed by atoms with E-state index < -0.39 is 76.8 Å². The first kappa shape index (κ1) is 58.6. The van der Waals surface area contributed by atoms with E-state index in [2.05, 4.69) is 30.1 Å². The van der Waals surface area contributed by atoms with Gasteiger partial charge in [-0.3, -0.25) is 0 Å². The van der Waals surface area contributed by atoms with Gasteiger partial charge in [0.05, 0.1) is 68.4 Å². The number of hydrogen-bond acceptors (Lipinski definition) is 9. The van der Waals surface area contributed by atoms with E-state index in [1.54, 1.807) is 6.07 Å². The minimum atomic E-state index is -4.66. The number of aromatic carboxylic acids is 1. The van der Waals surface area contributed by atoms with Crippen LogP contribution in [0.15, 0.2) is 72.8 Å². The predicted octanol–water partition coefficient (Wildman–Crippen LogP) is 11.9. The highest BCUT2D eigenvalue weighted by atomic mass is 79.9. The van der Waals surface area contributed by atoms with Crippen LogP contribution >= 0.6 is 15.9 Å². The molecule has 5 rings (SSSR count). The van der Waals surface area contributed by atoms with E-state index in [9.17, 15) is 62.3 Å². The molecule has 3 N–H and O–H groups in total. The number of aromatic hydroxyl groups is 1. The summed E-state index contributed by atoms with van der Waals surface area (Å²) in [6.07, 6.45) is -15.4. The lowest BCUT2D eigenvalue weighted by Crippen LogP contribution is -2.09. The molecule has 4 aromatic rings. The molecule has 23 heteroatoms.